The molecule has 1 aliphatic heterocycles. The molecule has 4 rings (SSSR count). The summed E-state index contributed by atoms with van der Waals surface area (Å²) in [5, 5.41) is 0. The summed E-state index contributed by atoms with van der Waals surface area (Å²) in [7, 11) is 1.83. The first-order valence-electron chi connectivity index (χ1n) is 10.4. The molecule has 0 bridgehead atoms. The number of hydrogen-bond donors (Lipinski definition) is 1. The maximum Gasteiger partial charge on any atom is 0.303 e. The van der Waals surface area contributed by atoms with Crippen LogP contribution in [-0.4, -0.2) is 66.9 Å². The van der Waals surface area contributed by atoms with Crippen molar-refractivity contribution in [2.45, 2.75) is 45.3 Å². The standard InChI is InChI=1S/C21H24N6O7/c1-10(28)31-8-14-16(32-11(2)29)17(33-12(3)30)21(34-14)27-19(13-6-5-7-26(13)4)25-15-18(22)23-9-24-20(15)27/h5-7,9,14,16-17,21H,8H2,1-4H3,(H2,22,23,24)/t14-,16?,17?,21-/m1/s1. The summed E-state index contributed by atoms with van der Waals surface area (Å²) in [5.41, 5.74) is 7.38. The highest BCUT2D eigenvalue weighted by atomic mass is 16.7. The Morgan fingerprint density at radius 2 is 1.79 bits per heavy atom. The van der Waals surface area contributed by atoms with Crippen LogP contribution in [0.2, 0.25) is 0 Å². The zero-order chi connectivity index (χ0) is 24.6. The van der Waals surface area contributed by atoms with Crippen LogP contribution in [0.25, 0.3) is 22.7 Å². The second-order valence-electron chi connectivity index (χ2n) is 7.76. The van der Waals surface area contributed by atoms with E-state index in [2.05, 4.69) is 15.0 Å². The molecule has 13 nitrogen and oxygen atoms in total. The van der Waals surface area contributed by atoms with Crippen LogP contribution in [0.3, 0.4) is 0 Å². The summed E-state index contributed by atoms with van der Waals surface area (Å²) in [6, 6.07) is 3.66. The van der Waals surface area contributed by atoms with E-state index in [4.69, 9.17) is 24.7 Å². The van der Waals surface area contributed by atoms with Gasteiger partial charge in [-0.1, -0.05) is 0 Å². The molecule has 1 aliphatic rings. The summed E-state index contributed by atoms with van der Waals surface area (Å²) in [5.74, 6) is -1.23. The minimum Gasteiger partial charge on any atom is -0.463 e. The normalized spacial score (nSPS) is 22.0. The molecule has 180 valence electrons. The first-order chi connectivity index (χ1) is 16.2. The SMILES string of the molecule is CC(=O)OC[C@H]1O[C@@H](n2c(-c3cccn3C)nc3c(N)ncnc32)C(OC(C)=O)C1OC(C)=O. The highest BCUT2D eigenvalue weighted by Crippen LogP contribution is 2.39. The van der Waals surface area contributed by atoms with Crippen molar-refractivity contribution >= 4 is 34.9 Å². The number of hydrogen-bond acceptors (Lipinski definition) is 11. The van der Waals surface area contributed by atoms with Gasteiger partial charge in [-0.05, 0) is 12.1 Å². The lowest BCUT2D eigenvalue weighted by Crippen LogP contribution is -2.40. The molecule has 0 radical (unpaired) electrons. The van der Waals surface area contributed by atoms with E-state index in [1.54, 1.807) is 4.57 Å². The van der Waals surface area contributed by atoms with Gasteiger partial charge in [0.1, 0.15) is 19.0 Å². The number of carbonyl (C=O) groups excluding carboxylic acids is 3. The Labute approximate surface area is 193 Å². The van der Waals surface area contributed by atoms with Gasteiger partial charge in [0.25, 0.3) is 0 Å². The van der Waals surface area contributed by atoms with E-state index in [9.17, 15) is 14.4 Å². The molecule has 34 heavy (non-hydrogen) atoms. The third-order valence-corrected chi connectivity index (χ3v) is 5.27. The number of aryl methyl sites for hydroxylation is 1. The van der Waals surface area contributed by atoms with Gasteiger partial charge in [0, 0.05) is 34.0 Å². The average molecular weight is 472 g/mol. The van der Waals surface area contributed by atoms with Crippen LogP contribution in [-0.2, 0) is 40.4 Å². The number of nitrogens with two attached hydrogens (primary N) is 1. The molecule has 2 N–H and O–H groups in total. The fourth-order valence-electron chi connectivity index (χ4n) is 3.94. The number of carbonyl (C=O) groups is 3. The molecule has 4 heterocycles. The predicted octanol–water partition coefficient (Wildman–Crippen LogP) is 0.738. The molecule has 0 aromatic carbocycles. The molecule has 0 saturated carbocycles. The van der Waals surface area contributed by atoms with E-state index in [-0.39, 0.29) is 12.4 Å². The Bertz CT molecular complexity index is 1250. The highest BCUT2D eigenvalue weighted by Gasteiger charge is 2.51. The quantitative estimate of drug-likeness (QED) is 0.397. The van der Waals surface area contributed by atoms with Gasteiger partial charge in [0.05, 0.1) is 5.69 Å². The van der Waals surface area contributed by atoms with Crippen molar-refractivity contribution in [3.05, 3.63) is 24.7 Å². The summed E-state index contributed by atoms with van der Waals surface area (Å²) < 4.78 is 25.8. The van der Waals surface area contributed by atoms with Gasteiger partial charge in [-0.15, -0.1) is 0 Å². The van der Waals surface area contributed by atoms with Crippen molar-refractivity contribution in [3.8, 4) is 11.5 Å². The fourth-order valence-corrected chi connectivity index (χ4v) is 3.94. The number of fused-ring (bicyclic) bond motifs is 1. The maximum absolute atomic E-state index is 12.0. The number of aromatic nitrogens is 5. The van der Waals surface area contributed by atoms with E-state index >= 15 is 0 Å². The largest absolute Gasteiger partial charge is 0.463 e. The second-order valence-corrected chi connectivity index (χ2v) is 7.76. The third kappa shape index (κ3) is 4.29. The highest BCUT2D eigenvalue weighted by molar-refractivity contribution is 5.85. The molecule has 2 unspecified atom stereocenters. The number of esters is 3. The van der Waals surface area contributed by atoms with Crippen molar-refractivity contribution in [2.75, 3.05) is 12.3 Å². The van der Waals surface area contributed by atoms with Crippen molar-refractivity contribution in [3.63, 3.8) is 0 Å². The number of anilines is 1. The molecular weight excluding hydrogens is 448 g/mol. The molecule has 1 fully saturated rings. The number of nitrogen functional groups attached to an aromatic ring is 1. The van der Waals surface area contributed by atoms with Gasteiger partial charge in [0.2, 0.25) is 0 Å². The fraction of sp³-hybridized carbons (Fsp3) is 0.429. The predicted molar refractivity (Wildman–Crippen MR) is 116 cm³/mol. The number of ether oxygens (including phenoxy) is 4. The average Bonchev–Trinajstić information content (AvgIpc) is 3.42. The lowest BCUT2D eigenvalue weighted by molar-refractivity contribution is -0.166. The topological polar surface area (TPSA) is 163 Å². The van der Waals surface area contributed by atoms with Gasteiger partial charge >= 0.3 is 17.9 Å². The van der Waals surface area contributed by atoms with Gasteiger partial charge < -0.3 is 29.2 Å². The molecule has 3 aromatic heterocycles. The number of rotatable bonds is 6. The zero-order valence-corrected chi connectivity index (χ0v) is 19.0. The molecule has 1 saturated heterocycles. The van der Waals surface area contributed by atoms with E-state index in [0.29, 0.717) is 22.7 Å². The number of imidazole rings is 1. The molecule has 13 heteroatoms. The van der Waals surface area contributed by atoms with Gasteiger partial charge in [0.15, 0.2) is 41.2 Å². The first kappa shape index (κ1) is 23.2. The summed E-state index contributed by atoms with van der Waals surface area (Å²) >= 11 is 0. The minimum atomic E-state index is -1.10. The molecule has 0 spiro atoms. The molecular formula is C21H24N6O7. The molecule has 0 amide bonds. The maximum atomic E-state index is 12.0. The Kier molecular flexibility index (Phi) is 6.20. The smallest absolute Gasteiger partial charge is 0.303 e. The summed E-state index contributed by atoms with van der Waals surface area (Å²) in [4.78, 5) is 48.3. The third-order valence-electron chi connectivity index (χ3n) is 5.27. The minimum absolute atomic E-state index is 0.147. The van der Waals surface area contributed by atoms with Crippen LogP contribution in [0, 0.1) is 0 Å². The van der Waals surface area contributed by atoms with Crippen molar-refractivity contribution < 1.29 is 33.3 Å². The molecule has 4 atom stereocenters. The van der Waals surface area contributed by atoms with E-state index in [1.807, 2.05) is 29.9 Å². The second kappa shape index (κ2) is 9.09. The Morgan fingerprint density at radius 3 is 2.41 bits per heavy atom. The Morgan fingerprint density at radius 1 is 1.09 bits per heavy atom. The van der Waals surface area contributed by atoms with Crippen LogP contribution in [0.15, 0.2) is 24.7 Å². The van der Waals surface area contributed by atoms with Crippen LogP contribution in [0.4, 0.5) is 5.82 Å². The zero-order valence-electron chi connectivity index (χ0n) is 19.0. The molecule has 3 aromatic rings. The lowest BCUT2D eigenvalue weighted by Gasteiger charge is -2.24. The Balaban J connectivity index is 1.90. The van der Waals surface area contributed by atoms with Gasteiger partial charge in [-0.3, -0.25) is 19.0 Å². The van der Waals surface area contributed by atoms with Crippen LogP contribution in [0.5, 0.6) is 0 Å². The monoisotopic (exact) mass is 472 g/mol. The summed E-state index contributed by atoms with van der Waals surface area (Å²) in [6.45, 7) is 3.46. The van der Waals surface area contributed by atoms with Gasteiger partial charge in [-0.25, -0.2) is 15.0 Å². The van der Waals surface area contributed by atoms with Crippen molar-refractivity contribution in [1.29, 1.82) is 0 Å². The summed E-state index contributed by atoms with van der Waals surface area (Å²) in [6.07, 6.45) is -1.03. The Hall–Kier alpha value is -4.00. The van der Waals surface area contributed by atoms with E-state index in [1.165, 1.54) is 27.1 Å². The van der Waals surface area contributed by atoms with Crippen molar-refractivity contribution in [2.24, 2.45) is 7.05 Å². The van der Waals surface area contributed by atoms with Crippen LogP contribution in [0.1, 0.15) is 27.0 Å². The lowest BCUT2D eigenvalue weighted by atomic mass is 10.1. The van der Waals surface area contributed by atoms with E-state index < -0.39 is 42.4 Å². The van der Waals surface area contributed by atoms with Crippen molar-refractivity contribution in [1.82, 2.24) is 24.1 Å². The van der Waals surface area contributed by atoms with Crippen LogP contribution < -0.4 is 5.73 Å². The van der Waals surface area contributed by atoms with Crippen LogP contribution >= 0.6 is 0 Å². The number of nitrogens with zero attached hydrogens (tertiary/aromatic N) is 5. The molecule has 0 aliphatic carbocycles. The van der Waals surface area contributed by atoms with E-state index in [0.717, 1.165) is 0 Å². The van der Waals surface area contributed by atoms with Gasteiger partial charge in [-0.2, -0.15) is 0 Å². The first-order valence-corrected chi connectivity index (χ1v) is 10.4.